The molecule has 0 aliphatic carbocycles. The van der Waals surface area contributed by atoms with E-state index in [0.717, 1.165) is 24.5 Å². The van der Waals surface area contributed by atoms with Crippen molar-refractivity contribution in [3.05, 3.63) is 51.5 Å². The molecule has 0 spiro atoms. The largest absolute Gasteiger partial charge is 0.434 e. The summed E-state index contributed by atoms with van der Waals surface area (Å²) in [6.45, 7) is 0. The van der Waals surface area contributed by atoms with Crippen molar-refractivity contribution in [2.24, 2.45) is 0 Å². The van der Waals surface area contributed by atoms with Gasteiger partial charge in [0.25, 0.3) is 5.56 Å². The first-order chi connectivity index (χ1) is 8.08. The molecule has 1 aromatic heterocycles. The van der Waals surface area contributed by atoms with Crippen LogP contribution in [0.2, 0.25) is 5.02 Å². The van der Waals surface area contributed by atoms with Gasteiger partial charge in [0, 0.05) is 6.07 Å². The monoisotopic (exact) mass is 258 g/mol. The average Bonchev–Trinajstić information content (AvgIpc) is 2.30. The molecule has 0 saturated carbocycles. The molecule has 0 aliphatic rings. The van der Waals surface area contributed by atoms with Crippen molar-refractivity contribution >= 4 is 11.6 Å². The maximum absolute atomic E-state index is 13.2. The lowest BCUT2D eigenvalue weighted by atomic mass is 10.3. The maximum atomic E-state index is 13.2. The zero-order chi connectivity index (χ0) is 12.4. The molecule has 1 heterocycles. The summed E-state index contributed by atoms with van der Waals surface area (Å²) < 4.78 is 31.0. The number of halogens is 3. The van der Waals surface area contributed by atoms with Gasteiger partial charge in [-0.25, -0.2) is 13.8 Å². The second-order valence-electron chi connectivity index (χ2n) is 3.03. The van der Waals surface area contributed by atoms with E-state index in [-0.39, 0.29) is 10.9 Å². The summed E-state index contributed by atoms with van der Waals surface area (Å²) in [5.74, 6) is -2.16. The van der Waals surface area contributed by atoms with Crippen molar-refractivity contribution in [3.8, 4) is 11.6 Å². The topological polar surface area (TPSA) is 55.0 Å². The van der Waals surface area contributed by atoms with Gasteiger partial charge in [0.2, 0.25) is 5.88 Å². The molecule has 0 saturated heterocycles. The Morgan fingerprint density at radius 1 is 1.35 bits per heavy atom. The van der Waals surface area contributed by atoms with E-state index in [1.165, 1.54) is 0 Å². The number of H-pyrrole nitrogens is 1. The minimum absolute atomic E-state index is 0.292. The lowest BCUT2D eigenvalue weighted by Crippen LogP contribution is -2.08. The molecular formula is C10H5ClF2N2O2. The standard InChI is InChI=1S/C10H5ClF2N2O2/c11-8-9(16)14-4-15-10(8)17-7-3-5(12)1-2-6(7)13/h1-4H,(H,14,15,16). The second kappa shape index (κ2) is 4.50. The van der Waals surface area contributed by atoms with E-state index in [1.807, 2.05) is 0 Å². The molecule has 88 valence electrons. The van der Waals surface area contributed by atoms with Crippen LogP contribution >= 0.6 is 11.6 Å². The summed E-state index contributed by atoms with van der Waals surface area (Å²) in [4.78, 5) is 16.9. The molecule has 0 amide bonds. The molecule has 17 heavy (non-hydrogen) atoms. The Balaban J connectivity index is 2.41. The molecule has 0 atom stereocenters. The van der Waals surface area contributed by atoms with Gasteiger partial charge in [0.05, 0.1) is 6.33 Å². The first kappa shape index (κ1) is 11.5. The zero-order valence-electron chi connectivity index (χ0n) is 8.21. The summed E-state index contributed by atoms with van der Waals surface area (Å²) in [6.07, 6.45) is 1.04. The number of nitrogens with one attached hydrogen (secondary N) is 1. The Morgan fingerprint density at radius 2 is 2.12 bits per heavy atom. The van der Waals surface area contributed by atoms with E-state index < -0.39 is 22.9 Å². The highest BCUT2D eigenvalue weighted by atomic mass is 35.5. The number of ether oxygens (including phenoxy) is 1. The fraction of sp³-hybridized carbons (Fsp3) is 0. The normalized spacial score (nSPS) is 10.3. The van der Waals surface area contributed by atoms with Gasteiger partial charge in [-0.3, -0.25) is 4.79 Å². The van der Waals surface area contributed by atoms with Crippen LogP contribution in [0.3, 0.4) is 0 Å². The van der Waals surface area contributed by atoms with Gasteiger partial charge in [0.15, 0.2) is 16.6 Å². The number of aromatic amines is 1. The molecular weight excluding hydrogens is 254 g/mol. The van der Waals surface area contributed by atoms with Gasteiger partial charge in [-0.1, -0.05) is 11.6 Å². The summed E-state index contributed by atoms with van der Waals surface area (Å²) in [6, 6.07) is 2.66. The predicted molar refractivity (Wildman–Crippen MR) is 56.3 cm³/mol. The van der Waals surface area contributed by atoms with Gasteiger partial charge >= 0.3 is 0 Å². The van der Waals surface area contributed by atoms with E-state index in [1.54, 1.807) is 0 Å². The number of hydrogen-bond acceptors (Lipinski definition) is 3. The van der Waals surface area contributed by atoms with Crippen LogP contribution in [0, 0.1) is 11.6 Å². The quantitative estimate of drug-likeness (QED) is 0.900. The van der Waals surface area contributed by atoms with Crippen LogP contribution in [0.4, 0.5) is 8.78 Å². The van der Waals surface area contributed by atoms with Crippen LogP contribution < -0.4 is 10.3 Å². The highest BCUT2D eigenvalue weighted by Crippen LogP contribution is 2.26. The van der Waals surface area contributed by atoms with Gasteiger partial charge in [-0.15, -0.1) is 0 Å². The molecule has 0 aliphatic heterocycles. The summed E-state index contributed by atoms with van der Waals surface area (Å²) >= 11 is 5.59. The van der Waals surface area contributed by atoms with Gasteiger partial charge in [-0.05, 0) is 12.1 Å². The third-order valence-corrected chi connectivity index (χ3v) is 2.20. The van der Waals surface area contributed by atoms with E-state index in [2.05, 4.69) is 9.97 Å². The lowest BCUT2D eigenvalue weighted by molar-refractivity contribution is 0.421. The van der Waals surface area contributed by atoms with Crippen LogP contribution in [0.5, 0.6) is 11.6 Å². The van der Waals surface area contributed by atoms with Crippen molar-refractivity contribution in [3.63, 3.8) is 0 Å². The van der Waals surface area contributed by atoms with E-state index in [4.69, 9.17) is 16.3 Å². The van der Waals surface area contributed by atoms with Gasteiger partial charge in [-0.2, -0.15) is 0 Å². The summed E-state index contributed by atoms with van der Waals surface area (Å²) in [7, 11) is 0. The zero-order valence-corrected chi connectivity index (χ0v) is 8.96. The third-order valence-electron chi connectivity index (χ3n) is 1.86. The third kappa shape index (κ3) is 2.42. The molecule has 2 rings (SSSR count). The molecule has 2 aromatic rings. The number of aromatic nitrogens is 2. The van der Waals surface area contributed by atoms with Gasteiger partial charge < -0.3 is 9.72 Å². The van der Waals surface area contributed by atoms with E-state index in [9.17, 15) is 13.6 Å². The average molecular weight is 259 g/mol. The van der Waals surface area contributed by atoms with Crippen molar-refractivity contribution in [1.82, 2.24) is 9.97 Å². The Labute approximate surface area is 98.8 Å². The van der Waals surface area contributed by atoms with Crippen molar-refractivity contribution < 1.29 is 13.5 Å². The number of benzene rings is 1. The molecule has 0 unspecified atom stereocenters. The van der Waals surface area contributed by atoms with Crippen molar-refractivity contribution in [1.29, 1.82) is 0 Å². The number of rotatable bonds is 2. The van der Waals surface area contributed by atoms with Crippen LogP contribution in [0.1, 0.15) is 0 Å². The first-order valence-corrected chi connectivity index (χ1v) is 4.82. The smallest absolute Gasteiger partial charge is 0.273 e. The van der Waals surface area contributed by atoms with Crippen LogP contribution in [-0.4, -0.2) is 9.97 Å². The predicted octanol–water partition coefficient (Wildman–Crippen LogP) is 2.49. The van der Waals surface area contributed by atoms with Crippen molar-refractivity contribution in [2.75, 3.05) is 0 Å². The summed E-state index contributed by atoms with van der Waals surface area (Å²) in [5, 5.41) is -0.337. The second-order valence-corrected chi connectivity index (χ2v) is 3.41. The highest BCUT2D eigenvalue weighted by molar-refractivity contribution is 6.31. The summed E-state index contributed by atoms with van der Waals surface area (Å²) in [5.41, 5.74) is -0.631. The van der Waals surface area contributed by atoms with Crippen molar-refractivity contribution in [2.45, 2.75) is 0 Å². The van der Waals surface area contributed by atoms with E-state index in [0.29, 0.717) is 0 Å². The fourth-order valence-corrected chi connectivity index (χ4v) is 1.24. The highest BCUT2D eigenvalue weighted by Gasteiger charge is 2.12. The molecule has 1 N–H and O–H groups in total. The number of nitrogens with zero attached hydrogens (tertiary/aromatic N) is 1. The molecule has 7 heteroatoms. The Morgan fingerprint density at radius 3 is 2.88 bits per heavy atom. The van der Waals surface area contributed by atoms with Gasteiger partial charge in [0.1, 0.15) is 5.82 Å². The molecule has 4 nitrogen and oxygen atoms in total. The minimum atomic E-state index is -0.787. The Kier molecular flexibility index (Phi) is 3.06. The molecule has 0 fully saturated rings. The van der Waals surface area contributed by atoms with Crippen LogP contribution in [0.15, 0.2) is 29.3 Å². The fourth-order valence-electron chi connectivity index (χ4n) is 1.10. The molecule has 0 bridgehead atoms. The lowest BCUT2D eigenvalue weighted by Gasteiger charge is -2.06. The number of hydrogen-bond donors (Lipinski definition) is 1. The Bertz CT molecular complexity index is 615. The van der Waals surface area contributed by atoms with Crippen LogP contribution in [-0.2, 0) is 0 Å². The van der Waals surface area contributed by atoms with Crippen LogP contribution in [0.25, 0.3) is 0 Å². The minimum Gasteiger partial charge on any atom is -0.434 e. The maximum Gasteiger partial charge on any atom is 0.273 e. The first-order valence-electron chi connectivity index (χ1n) is 4.44. The molecule has 0 radical (unpaired) electrons. The Hall–Kier alpha value is -1.95. The molecule has 1 aromatic carbocycles. The van der Waals surface area contributed by atoms with E-state index >= 15 is 0 Å². The SMILES string of the molecule is O=c1[nH]cnc(Oc2cc(F)ccc2F)c1Cl.